The molecule has 2 atom stereocenters. The van der Waals surface area contributed by atoms with Gasteiger partial charge < -0.3 is 10.6 Å². The van der Waals surface area contributed by atoms with Crippen LogP contribution in [0.15, 0.2) is 29.2 Å². The van der Waals surface area contributed by atoms with E-state index in [2.05, 4.69) is 10.6 Å². The molecule has 1 amide bonds. The molecule has 0 aliphatic carbocycles. The second-order valence-corrected chi connectivity index (χ2v) is 6.13. The maximum absolute atomic E-state index is 12.0. The summed E-state index contributed by atoms with van der Waals surface area (Å²) in [6, 6.07) is 6.44. The van der Waals surface area contributed by atoms with Crippen molar-refractivity contribution in [3.8, 4) is 0 Å². The molecule has 1 rings (SSSR count). The molecule has 0 saturated heterocycles. The van der Waals surface area contributed by atoms with Gasteiger partial charge in [0.15, 0.2) is 0 Å². The normalized spacial score (nSPS) is 13.5. The van der Waals surface area contributed by atoms with Gasteiger partial charge in [-0.15, -0.1) is 11.8 Å². The monoisotopic (exact) mass is 311 g/mol. The van der Waals surface area contributed by atoms with Gasteiger partial charge in [0.25, 0.3) is 5.69 Å². The van der Waals surface area contributed by atoms with E-state index < -0.39 is 4.92 Å². The molecule has 0 aliphatic heterocycles. The third-order valence-corrected chi connectivity index (χ3v) is 3.98. The molecule has 2 N–H and O–H groups in total. The van der Waals surface area contributed by atoms with Crippen LogP contribution >= 0.6 is 11.8 Å². The fraction of sp³-hybridized carbons (Fsp3) is 0.500. The zero-order valence-corrected chi connectivity index (χ0v) is 13.3. The number of hydrogen-bond donors (Lipinski definition) is 2. The lowest BCUT2D eigenvalue weighted by Crippen LogP contribution is -2.41. The number of carbonyl (C=O) groups excluding carboxylic acids is 1. The SMILES string of the molecule is CCN[C@H](C)CNC(=O)C(C)Sc1ccc([N+](=O)[O-])cc1. The average molecular weight is 311 g/mol. The largest absolute Gasteiger partial charge is 0.354 e. The van der Waals surface area contributed by atoms with Gasteiger partial charge in [-0.1, -0.05) is 6.92 Å². The van der Waals surface area contributed by atoms with E-state index >= 15 is 0 Å². The molecule has 116 valence electrons. The minimum Gasteiger partial charge on any atom is -0.354 e. The van der Waals surface area contributed by atoms with Crippen molar-refractivity contribution in [1.82, 2.24) is 10.6 Å². The lowest BCUT2D eigenvalue weighted by molar-refractivity contribution is -0.384. The first-order chi connectivity index (χ1) is 9.93. The number of amides is 1. The molecule has 7 heteroatoms. The van der Waals surface area contributed by atoms with Crippen LogP contribution in [0.25, 0.3) is 0 Å². The van der Waals surface area contributed by atoms with Crippen LogP contribution in [0.5, 0.6) is 0 Å². The highest BCUT2D eigenvalue weighted by molar-refractivity contribution is 8.00. The van der Waals surface area contributed by atoms with Gasteiger partial charge in [0.1, 0.15) is 0 Å². The van der Waals surface area contributed by atoms with Crippen molar-refractivity contribution in [2.24, 2.45) is 0 Å². The van der Waals surface area contributed by atoms with Crippen molar-refractivity contribution in [1.29, 1.82) is 0 Å². The topological polar surface area (TPSA) is 84.3 Å². The summed E-state index contributed by atoms with van der Waals surface area (Å²) in [5, 5.41) is 16.4. The maximum Gasteiger partial charge on any atom is 0.269 e. The molecule has 0 radical (unpaired) electrons. The van der Waals surface area contributed by atoms with E-state index in [1.807, 2.05) is 20.8 Å². The number of nitrogens with zero attached hydrogens (tertiary/aromatic N) is 1. The van der Waals surface area contributed by atoms with Gasteiger partial charge >= 0.3 is 0 Å². The molecule has 21 heavy (non-hydrogen) atoms. The van der Waals surface area contributed by atoms with Crippen molar-refractivity contribution < 1.29 is 9.72 Å². The van der Waals surface area contributed by atoms with Gasteiger partial charge in [0, 0.05) is 29.6 Å². The fourth-order valence-electron chi connectivity index (χ4n) is 1.72. The lowest BCUT2D eigenvalue weighted by Gasteiger charge is -2.16. The van der Waals surface area contributed by atoms with Gasteiger partial charge in [-0.2, -0.15) is 0 Å². The Morgan fingerprint density at radius 3 is 2.48 bits per heavy atom. The van der Waals surface area contributed by atoms with Crippen molar-refractivity contribution >= 4 is 23.4 Å². The third-order valence-electron chi connectivity index (χ3n) is 2.86. The number of non-ortho nitro benzene ring substituents is 1. The highest BCUT2D eigenvalue weighted by atomic mass is 32.2. The van der Waals surface area contributed by atoms with Gasteiger partial charge in [0.2, 0.25) is 5.91 Å². The summed E-state index contributed by atoms with van der Waals surface area (Å²) in [5.74, 6) is -0.0388. The molecule has 6 nitrogen and oxygen atoms in total. The van der Waals surface area contributed by atoms with E-state index in [1.165, 1.54) is 23.9 Å². The van der Waals surface area contributed by atoms with E-state index in [1.54, 1.807) is 12.1 Å². The molecule has 0 fully saturated rings. The second kappa shape index (κ2) is 8.63. The Bertz CT molecular complexity index is 479. The van der Waals surface area contributed by atoms with E-state index in [9.17, 15) is 14.9 Å². The molecule has 0 bridgehead atoms. The summed E-state index contributed by atoms with van der Waals surface area (Å²) in [6.45, 7) is 7.30. The molecule has 0 saturated carbocycles. The van der Waals surface area contributed by atoms with Crippen molar-refractivity contribution in [3.63, 3.8) is 0 Å². The van der Waals surface area contributed by atoms with Crippen LogP contribution in [0.3, 0.4) is 0 Å². The standard InChI is InChI=1S/C14H21N3O3S/c1-4-15-10(2)9-16-14(18)11(3)21-13-7-5-12(6-8-13)17(19)20/h5-8,10-11,15H,4,9H2,1-3H3,(H,16,18)/t10-,11?/m1/s1. The number of hydrogen-bond acceptors (Lipinski definition) is 5. The molecule has 1 aromatic carbocycles. The number of rotatable bonds is 8. The Balaban J connectivity index is 2.46. The lowest BCUT2D eigenvalue weighted by atomic mass is 10.3. The number of nitrogens with one attached hydrogen (secondary N) is 2. The molecule has 0 aliphatic rings. The van der Waals surface area contributed by atoms with Crippen molar-refractivity contribution in [2.45, 2.75) is 37.0 Å². The highest BCUT2D eigenvalue weighted by Crippen LogP contribution is 2.25. The molecular formula is C14H21N3O3S. The molecule has 1 aromatic rings. The summed E-state index contributed by atoms with van der Waals surface area (Å²) < 4.78 is 0. The van der Waals surface area contributed by atoms with Gasteiger partial charge in [-0.25, -0.2) is 0 Å². The first kappa shape index (κ1) is 17.5. The van der Waals surface area contributed by atoms with Gasteiger partial charge in [-0.05, 0) is 32.5 Å². The quantitative estimate of drug-likeness (QED) is 0.437. The summed E-state index contributed by atoms with van der Waals surface area (Å²) in [6.07, 6.45) is 0. The summed E-state index contributed by atoms with van der Waals surface area (Å²) >= 11 is 1.38. The van der Waals surface area contributed by atoms with Crippen LogP contribution in [0.4, 0.5) is 5.69 Å². The first-order valence-electron chi connectivity index (χ1n) is 6.86. The summed E-state index contributed by atoms with van der Waals surface area (Å²) in [5.41, 5.74) is 0.0518. The average Bonchev–Trinajstić information content (AvgIpc) is 2.45. The Hall–Kier alpha value is -1.60. The highest BCUT2D eigenvalue weighted by Gasteiger charge is 2.15. The van der Waals surface area contributed by atoms with E-state index in [0.717, 1.165) is 11.4 Å². The molecule has 1 unspecified atom stereocenters. The minimum absolute atomic E-state index is 0.0388. The van der Waals surface area contributed by atoms with E-state index in [0.29, 0.717) is 6.54 Å². The maximum atomic E-state index is 12.0. The molecular weight excluding hydrogens is 290 g/mol. The zero-order chi connectivity index (χ0) is 15.8. The van der Waals surface area contributed by atoms with Crippen LogP contribution in [-0.4, -0.2) is 35.2 Å². The summed E-state index contributed by atoms with van der Waals surface area (Å²) in [4.78, 5) is 22.9. The zero-order valence-electron chi connectivity index (χ0n) is 12.5. The predicted octanol–water partition coefficient (Wildman–Crippen LogP) is 2.19. The Labute approximate surface area is 128 Å². The van der Waals surface area contributed by atoms with Crippen molar-refractivity contribution in [2.75, 3.05) is 13.1 Å². The van der Waals surface area contributed by atoms with Crippen LogP contribution in [0.2, 0.25) is 0 Å². The number of nitro groups is 1. The summed E-state index contributed by atoms with van der Waals surface area (Å²) in [7, 11) is 0. The van der Waals surface area contributed by atoms with Crippen LogP contribution in [0.1, 0.15) is 20.8 Å². The van der Waals surface area contributed by atoms with Gasteiger partial charge in [0.05, 0.1) is 10.2 Å². The Morgan fingerprint density at radius 1 is 1.33 bits per heavy atom. The number of nitro benzene ring substituents is 1. The van der Waals surface area contributed by atoms with Crippen LogP contribution in [-0.2, 0) is 4.79 Å². The van der Waals surface area contributed by atoms with E-state index in [-0.39, 0.29) is 22.9 Å². The molecule has 0 aromatic heterocycles. The number of likely N-dealkylation sites (N-methyl/N-ethyl adjacent to an activating group) is 1. The first-order valence-corrected chi connectivity index (χ1v) is 7.74. The van der Waals surface area contributed by atoms with Crippen LogP contribution < -0.4 is 10.6 Å². The minimum atomic E-state index is -0.438. The second-order valence-electron chi connectivity index (χ2n) is 4.71. The third kappa shape index (κ3) is 6.14. The number of carbonyl (C=O) groups is 1. The fourth-order valence-corrected chi connectivity index (χ4v) is 2.61. The van der Waals surface area contributed by atoms with Crippen molar-refractivity contribution in [3.05, 3.63) is 34.4 Å². The predicted molar refractivity (Wildman–Crippen MR) is 84.6 cm³/mol. The number of thioether (sulfide) groups is 1. The van der Waals surface area contributed by atoms with E-state index in [4.69, 9.17) is 0 Å². The smallest absolute Gasteiger partial charge is 0.269 e. The number of benzene rings is 1. The molecule has 0 heterocycles. The molecule has 0 spiro atoms. The Kier molecular flexibility index (Phi) is 7.18. The Morgan fingerprint density at radius 2 is 1.95 bits per heavy atom. The van der Waals surface area contributed by atoms with Gasteiger partial charge in [-0.3, -0.25) is 14.9 Å². The van der Waals surface area contributed by atoms with Crippen LogP contribution in [0, 0.1) is 10.1 Å².